The predicted octanol–water partition coefficient (Wildman–Crippen LogP) is 1.54. The molecule has 0 aliphatic heterocycles. The lowest BCUT2D eigenvalue weighted by Crippen LogP contribution is -2.29. The molecule has 82 valence electrons. The normalized spacial score (nSPS) is 10.1. The van der Waals surface area contributed by atoms with Crippen LogP contribution in [-0.4, -0.2) is 36.1 Å². The molecule has 0 radical (unpaired) electrons. The molecule has 0 aliphatic carbocycles. The van der Waals surface area contributed by atoms with Crippen molar-refractivity contribution >= 4 is 17.5 Å². The average Bonchev–Trinajstić information content (AvgIpc) is 2.17. The van der Waals surface area contributed by atoms with E-state index in [1.807, 2.05) is 0 Å². The number of aliphatic hydroxyl groups excluding tert-OH is 1. The van der Waals surface area contributed by atoms with Gasteiger partial charge in [-0.3, -0.25) is 4.79 Å². The van der Waals surface area contributed by atoms with E-state index in [1.165, 1.54) is 24.1 Å². The Kier molecular flexibility index (Phi) is 4.05. The van der Waals surface area contributed by atoms with Crippen LogP contribution in [0.1, 0.15) is 10.4 Å². The van der Waals surface area contributed by atoms with Gasteiger partial charge in [0.2, 0.25) is 0 Å². The molecule has 1 aromatic carbocycles. The molecule has 0 spiro atoms. The van der Waals surface area contributed by atoms with Gasteiger partial charge in [0.05, 0.1) is 17.2 Å². The second-order valence-corrected chi connectivity index (χ2v) is 3.48. The highest BCUT2D eigenvalue weighted by Crippen LogP contribution is 2.18. The van der Waals surface area contributed by atoms with E-state index in [9.17, 15) is 9.18 Å². The van der Waals surface area contributed by atoms with Gasteiger partial charge in [0.1, 0.15) is 5.82 Å². The predicted molar refractivity (Wildman–Crippen MR) is 55.5 cm³/mol. The Hall–Kier alpha value is -1.13. The van der Waals surface area contributed by atoms with Crippen molar-refractivity contribution in [1.29, 1.82) is 0 Å². The summed E-state index contributed by atoms with van der Waals surface area (Å²) in [5, 5.41) is 8.73. The fraction of sp³-hybridized carbons (Fsp3) is 0.300. The molecule has 1 aromatic rings. The van der Waals surface area contributed by atoms with Crippen LogP contribution in [0.15, 0.2) is 18.2 Å². The highest BCUT2D eigenvalue weighted by Gasteiger charge is 2.14. The van der Waals surface area contributed by atoms with Gasteiger partial charge >= 0.3 is 0 Å². The molecular formula is C10H11ClFNO2. The molecule has 0 unspecified atom stereocenters. The molecule has 15 heavy (non-hydrogen) atoms. The largest absolute Gasteiger partial charge is 0.395 e. The zero-order valence-electron chi connectivity index (χ0n) is 8.20. The minimum Gasteiger partial charge on any atom is -0.395 e. The van der Waals surface area contributed by atoms with Gasteiger partial charge in [-0.2, -0.15) is 0 Å². The Morgan fingerprint density at radius 2 is 2.27 bits per heavy atom. The number of hydrogen-bond donors (Lipinski definition) is 1. The first-order valence-electron chi connectivity index (χ1n) is 4.37. The molecule has 0 saturated heterocycles. The summed E-state index contributed by atoms with van der Waals surface area (Å²) in [6.45, 7) is 0.0909. The van der Waals surface area contributed by atoms with Crippen molar-refractivity contribution in [2.24, 2.45) is 0 Å². The van der Waals surface area contributed by atoms with Crippen LogP contribution in [0.2, 0.25) is 5.02 Å². The molecule has 0 atom stereocenters. The first-order valence-corrected chi connectivity index (χ1v) is 4.75. The number of nitrogens with zero attached hydrogens (tertiary/aromatic N) is 1. The van der Waals surface area contributed by atoms with Crippen molar-refractivity contribution in [2.45, 2.75) is 0 Å². The maximum Gasteiger partial charge on any atom is 0.255 e. The summed E-state index contributed by atoms with van der Waals surface area (Å²) < 4.78 is 12.7. The number of carbonyl (C=O) groups excluding carboxylic acids is 1. The third kappa shape index (κ3) is 2.91. The number of halogens is 2. The number of aliphatic hydroxyl groups is 1. The topological polar surface area (TPSA) is 40.5 Å². The van der Waals surface area contributed by atoms with Gasteiger partial charge in [-0.25, -0.2) is 4.39 Å². The lowest BCUT2D eigenvalue weighted by Gasteiger charge is -2.16. The Balaban J connectivity index is 2.91. The minimum absolute atomic E-state index is 0.0739. The minimum atomic E-state index is -0.485. The van der Waals surface area contributed by atoms with Crippen LogP contribution in [-0.2, 0) is 0 Å². The van der Waals surface area contributed by atoms with Crippen molar-refractivity contribution in [3.8, 4) is 0 Å². The summed E-state index contributed by atoms with van der Waals surface area (Å²) in [6.07, 6.45) is 0. The van der Waals surface area contributed by atoms with Crippen LogP contribution in [0.4, 0.5) is 4.39 Å². The molecule has 0 saturated carbocycles. The van der Waals surface area contributed by atoms with E-state index in [-0.39, 0.29) is 29.6 Å². The van der Waals surface area contributed by atoms with Gasteiger partial charge < -0.3 is 10.0 Å². The van der Waals surface area contributed by atoms with Crippen molar-refractivity contribution in [3.05, 3.63) is 34.6 Å². The summed E-state index contributed by atoms with van der Waals surface area (Å²) in [7, 11) is 1.54. The van der Waals surface area contributed by atoms with Gasteiger partial charge in [0, 0.05) is 13.6 Å². The molecule has 0 aromatic heterocycles. The van der Waals surface area contributed by atoms with Crippen LogP contribution >= 0.6 is 11.6 Å². The van der Waals surface area contributed by atoms with Gasteiger partial charge in [0.25, 0.3) is 5.91 Å². The first-order chi connectivity index (χ1) is 7.06. The maximum absolute atomic E-state index is 12.7. The van der Waals surface area contributed by atoms with Gasteiger partial charge in [-0.1, -0.05) is 11.6 Å². The lowest BCUT2D eigenvalue weighted by atomic mass is 10.2. The first kappa shape index (κ1) is 11.9. The summed E-state index contributed by atoms with van der Waals surface area (Å²) in [5.74, 6) is -0.824. The Bertz CT molecular complexity index is 370. The molecule has 3 nitrogen and oxygen atoms in total. The number of rotatable bonds is 3. The molecule has 0 fully saturated rings. The van der Waals surface area contributed by atoms with Crippen LogP contribution < -0.4 is 0 Å². The quantitative estimate of drug-likeness (QED) is 0.858. The van der Waals surface area contributed by atoms with Crippen LogP contribution in [0.5, 0.6) is 0 Å². The van der Waals surface area contributed by atoms with E-state index in [0.29, 0.717) is 0 Å². The molecule has 1 N–H and O–H groups in total. The standard InChI is InChI=1S/C10H11ClFNO2/c1-13(4-5-14)10(15)8-3-2-7(12)6-9(8)11/h2-3,6,14H,4-5H2,1H3. The zero-order valence-corrected chi connectivity index (χ0v) is 8.96. The Morgan fingerprint density at radius 1 is 1.60 bits per heavy atom. The average molecular weight is 232 g/mol. The Labute approximate surface area is 92.1 Å². The van der Waals surface area contributed by atoms with Crippen LogP contribution in [0, 0.1) is 5.82 Å². The number of benzene rings is 1. The van der Waals surface area contributed by atoms with Crippen LogP contribution in [0.3, 0.4) is 0 Å². The van der Waals surface area contributed by atoms with Crippen molar-refractivity contribution in [3.63, 3.8) is 0 Å². The monoisotopic (exact) mass is 231 g/mol. The SMILES string of the molecule is CN(CCO)C(=O)c1ccc(F)cc1Cl. The van der Waals surface area contributed by atoms with E-state index in [2.05, 4.69) is 0 Å². The van der Waals surface area contributed by atoms with Crippen molar-refractivity contribution < 1.29 is 14.3 Å². The van der Waals surface area contributed by atoms with Gasteiger partial charge in [-0.05, 0) is 18.2 Å². The molecule has 1 rings (SSSR count). The van der Waals surface area contributed by atoms with E-state index < -0.39 is 5.82 Å². The second-order valence-electron chi connectivity index (χ2n) is 3.07. The van der Waals surface area contributed by atoms with Gasteiger partial charge in [-0.15, -0.1) is 0 Å². The highest BCUT2D eigenvalue weighted by molar-refractivity contribution is 6.33. The highest BCUT2D eigenvalue weighted by atomic mass is 35.5. The smallest absolute Gasteiger partial charge is 0.255 e. The molecule has 0 aliphatic rings. The third-order valence-electron chi connectivity index (χ3n) is 1.94. The van der Waals surface area contributed by atoms with Crippen LogP contribution in [0.25, 0.3) is 0 Å². The van der Waals surface area contributed by atoms with Gasteiger partial charge in [0.15, 0.2) is 0 Å². The molecule has 1 amide bonds. The number of carbonyl (C=O) groups is 1. The molecular weight excluding hydrogens is 221 g/mol. The molecule has 5 heteroatoms. The third-order valence-corrected chi connectivity index (χ3v) is 2.26. The molecule has 0 bridgehead atoms. The van der Waals surface area contributed by atoms with E-state index in [0.717, 1.165) is 6.07 Å². The summed E-state index contributed by atoms with van der Waals surface area (Å²) in [4.78, 5) is 13.0. The maximum atomic E-state index is 12.7. The fourth-order valence-electron chi connectivity index (χ4n) is 1.12. The van der Waals surface area contributed by atoms with Crippen molar-refractivity contribution in [1.82, 2.24) is 4.90 Å². The van der Waals surface area contributed by atoms with E-state index >= 15 is 0 Å². The number of amides is 1. The number of likely N-dealkylation sites (N-methyl/N-ethyl adjacent to an activating group) is 1. The van der Waals surface area contributed by atoms with E-state index in [4.69, 9.17) is 16.7 Å². The second kappa shape index (κ2) is 5.09. The van der Waals surface area contributed by atoms with Crippen molar-refractivity contribution in [2.75, 3.05) is 20.2 Å². The Morgan fingerprint density at radius 3 is 2.80 bits per heavy atom. The summed E-state index contributed by atoms with van der Waals surface area (Å²) in [6, 6.07) is 3.58. The number of hydrogen-bond acceptors (Lipinski definition) is 2. The summed E-state index contributed by atoms with van der Waals surface area (Å²) >= 11 is 5.72. The lowest BCUT2D eigenvalue weighted by molar-refractivity contribution is 0.0767. The molecule has 0 heterocycles. The zero-order chi connectivity index (χ0) is 11.4. The van der Waals surface area contributed by atoms with E-state index in [1.54, 1.807) is 0 Å². The fourth-order valence-corrected chi connectivity index (χ4v) is 1.37. The summed E-state index contributed by atoms with van der Waals surface area (Å²) in [5.41, 5.74) is 0.231.